The molecule has 0 aliphatic carbocycles. The van der Waals surface area contributed by atoms with Crippen molar-refractivity contribution in [2.75, 3.05) is 55.4 Å². The molecule has 0 radical (unpaired) electrons. The molecule has 2 aliphatic rings. The van der Waals surface area contributed by atoms with Crippen LogP contribution in [0, 0.1) is 0 Å². The fraction of sp³-hybridized carbons (Fsp3) is 0.250. The molecule has 0 saturated heterocycles. The number of hydrogen-bond donors (Lipinski definition) is 6. The van der Waals surface area contributed by atoms with Gasteiger partial charge in [0.1, 0.15) is 11.5 Å². The van der Waals surface area contributed by atoms with E-state index >= 15 is 0 Å². The van der Waals surface area contributed by atoms with Crippen LogP contribution in [0.15, 0.2) is 106 Å². The van der Waals surface area contributed by atoms with Crippen LogP contribution in [-0.2, 0) is 37.6 Å². The molecule has 4 aromatic carbocycles. The van der Waals surface area contributed by atoms with E-state index in [0.717, 1.165) is 40.3 Å². The first kappa shape index (κ1) is 58.1. The quantitative estimate of drug-likeness (QED) is 0.0404. The summed E-state index contributed by atoms with van der Waals surface area (Å²) in [5, 5.41) is 14.0. The predicted octanol–water partition coefficient (Wildman–Crippen LogP) is 10.9. The van der Waals surface area contributed by atoms with Gasteiger partial charge in [-0.05, 0) is 148 Å². The average Bonchev–Trinajstić information content (AvgIpc) is 3.37. The second kappa shape index (κ2) is 30.4. The number of ether oxygens (including phenoxy) is 2. The number of carbonyl (C=O) groups excluding carboxylic acids is 4. The Hall–Kier alpha value is -5.47. The Bertz CT molecular complexity index is 2760. The van der Waals surface area contributed by atoms with Gasteiger partial charge < -0.3 is 46.7 Å². The summed E-state index contributed by atoms with van der Waals surface area (Å²) in [7, 11) is 13.0. The van der Waals surface area contributed by atoms with Gasteiger partial charge in [0.2, 0.25) is 34.8 Å². The molecule has 0 saturated carbocycles. The van der Waals surface area contributed by atoms with Crippen LogP contribution in [0.25, 0.3) is 0 Å². The van der Waals surface area contributed by atoms with Crippen molar-refractivity contribution in [2.45, 2.75) is 46.5 Å². The molecule has 2 aromatic heterocycles. The van der Waals surface area contributed by atoms with Crippen LogP contribution in [0.4, 0.5) is 28.7 Å². The molecule has 0 atom stereocenters. The number of rotatable bonds is 11. The number of para-hydroxylation sites is 2. The first-order valence-corrected chi connectivity index (χ1v) is 31.8. The molecule has 8 rings (SSSR count). The molecule has 23 heteroatoms. The number of hydrogen-bond acceptors (Lipinski definition) is 13. The summed E-state index contributed by atoms with van der Waals surface area (Å²) in [6.07, 6.45) is 5.57. The average molecular weight is 1210 g/mol. The van der Waals surface area contributed by atoms with Crippen LogP contribution in [0.3, 0.4) is 0 Å². The standard InChI is InChI=1S/C21H18BrN5O3.C12H9BrClN3O2.C9H10N2O.C6H15N.2ClH.Zn/c1-23-19(29)14-4-2-3-5-17(14)30-20-15(22)11-24-21(27-20)25-13-7-8-16-12(10-13)6-9-18(28)26-16;1-15-10(18)7-4-2-3-5-9(7)19-11-8(13)6-16-12(14)17-11;10-7-2-3-8-6(5-7)1-4-9(12)11-8;1-4-7(5-2)6-3;;;/h2-5,7-8,10-11H,6,9H2,1H3,(H,23,29)(H,26,28)(H,24,25,27);2-6H,1H3,(H,15,18);2-3,5H,1,4,10H2,(H,11,12);4-6H2,1-3H3;2*1H;/q;;;;;;+2/p-2. The van der Waals surface area contributed by atoms with Crippen molar-refractivity contribution < 1.29 is 43.8 Å². The van der Waals surface area contributed by atoms with Gasteiger partial charge in [0.15, 0.2) is 0 Å². The van der Waals surface area contributed by atoms with Gasteiger partial charge >= 0.3 is 34.5 Å². The van der Waals surface area contributed by atoms with Gasteiger partial charge in [0.25, 0.3) is 11.8 Å². The van der Waals surface area contributed by atoms with Gasteiger partial charge in [-0.15, -0.1) is 0 Å². The molecule has 0 spiro atoms. The van der Waals surface area contributed by atoms with Gasteiger partial charge in [0.05, 0.1) is 26.3 Å². The zero-order chi connectivity index (χ0) is 51.9. The van der Waals surface area contributed by atoms with Gasteiger partial charge in [-0.25, -0.2) is 9.97 Å². The number of aryl methyl sites for hydroxylation is 2. The van der Waals surface area contributed by atoms with Gasteiger partial charge in [-0.1, -0.05) is 45.0 Å². The monoisotopic (exact) mass is 1210 g/mol. The molecule has 2 aliphatic heterocycles. The van der Waals surface area contributed by atoms with Gasteiger partial charge in [0, 0.05) is 55.9 Å². The van der Waals surface area contributed by atoms with Crippen molar-refractivity contribution in [1.29, 1.82) is 0 Å². The molecular formula is C48H52Br2Cl3N11O6Zn. The molecule has 17 nitrogen and oxygen atoms in total. The Morgan fingerprint density at radius 3 is 1.66 bits per heavy atom. The van der Waals surface area contributed by atoms with Crippen LogP contribution in [-0.4, -0.2) is 82.2 Å². The minimum atomic E-state index is -0.931. The Labute approximate surface area is 450 Å². The van der Waals surface area contributed by atoms with E-state index in [1.165, 1.54) is 25.8 Å². The fourth-order valence-electron chi connectivity index (χ4n) is 6.51. The molecule has 0 unspecified atom stereocenters. The Kier molecular flexibility index (Phi) is 24.9. The summed E-state index contributed by atoms with van der Waals surface area (Å²) in [5.41, 5.74) is 11.9. The van der Waals surface area contributed by atoms with Crippen molar-refractivity contribution >= 4 is 115 Å². The number of nitrogen functional groups attached to an aromatic ring is 1. The van der Waals surface area contributed by atoms with E-state index in [4.69, 9.17) is 46.2 Å². The zero-order valence-corrected chi connectivity index (χ0v) is 48.0. The van der Waals surface area contributed by atoms with E-state index < -0.39 is 15.1 Å². The van der Waals surface area contributed by atoms with Gasteiger partial charge in [-0.3, -0.25) is 19.2 Å². The third-order valence-corrected chi connectivity index (χ3v) is 11.4. The van der Waals surface area contributed by atoms with Gasteiger partial charge in [-0.2, -0.15) is 9.97 Å². The zero-order valence-electron chi connectivity index (χ0n) is 39.5. The molecule has 71 heavy (non-hydrogen) atoms. The number of nitrogens with one attached hydrogen (secondary N) is 5. The predicted molar refractivity (Wildman–Crippen MR) is 284 cm³/mol. The second-order valence-electron chi connectivity index (χ2n) is 14.7. The van der Waals surface area contributed by atoms with E-state index in [9.17, 15) is 19.2 Å². The number of anilines is 5. The van der Waals surface area contributed by atoms with Crippen LogP contribution >= 0.6 is 62.8 Å². The molecule has 4 amide bonds. The SMILES string of the molecule is CCN(CC)CC.CNC(=O)c1ccccc1Oc1nc(Cl)ncc1Br.CNC(=O)c1ccccc1Oc1nc(Nc2ccc3c(c2)CCC(=O)N3)ncc1Br.Nc1ccc2c(c1)CCC(=O)N2.[Cl][Zn][Cl]. The fourth-order valence-corrected chi connectivity index (χ4v) is 7.18. The summed E-state index contributed by atoms with van der Waals surface area (Å²) in [5.74, 6) is 1.24. The Balaban J connectivity index is 0.000000227. The van der Waals surface area contributed by atoms with Crippen LogP contribution in [0.2, 0.25) is 5.28 Å². The first-order valence-electron chi connectivity index (χ1n) is 22.1. The number of benzene rings is 4. The van der Waals surface area contributed by atoms with E-state index in [2.05, 4.69) is 104 Å². The van der Waals surface area contributed by atoms with Crippen LogP contribution < -0.4 is 41.8 Å². The molecule has 0 bridgehead atoms. The number of halogens is 5. The topological polar surface area (TPSA) is 228 Å². The van der Waals surface area contributed by atoms with Crippen LogP contribution in [0.1, 0.15) is 65.5 Å². The molecule has 6 aromatic rings. The Morgan fingerprint density at radius 2 is 1.17 bits per heavy atom. The number of amides is 4. The van der Waals surface area contributed by atoms with Crippen molar-refractivity contribution in [2.24, 2.45) is 0 Å². The number of aromatic nitrogens is 4. The molecule has 0 fully saturated rings. The number of carbonyl (C=O) groups is 4. The third kappa shape index (κ3) is 18.6. The minimum absolute atomic E-state index is 0.0262. The third-order valence-electron chi connectivity index (χ3n) is 10.1. The van der Waals surface area contributed by atoms with E-state index in [1.54, 1.807) is 74.9 Å². The summed E-state index contributed by atoms with van der Waals surface area (Å²) in [4.78, 5) is 65.1. The number of fused-ring (bicyclic) bond motifs is 2. The van der Waals surface area contributed by atoms with Crippen molar-refractivity contribution in [3.63, 3.8) is 0 Å². The second-order valence-corrected chi connectivity index (χ2v) is 21.4. The molecule has 372 valence electrons. The molecular weight excluding hydrogens is 1160 g/mol. The maximum absolute atomic E-state index is 12.1. The summed E-state index contributed by atoms with van der Waals surface area (Å²) >= 11 is 11.4. The number of nitrogens with zero attached hydrogens (tertiary/aromatic N) is 5. The summed E-state index contributed by atoms with van der Waals surface area (Å²) in [6, 6.07) is 25.0. The Morgan fingerprint density at radius 1 is 0.704 bits per heavy atom. The van der Waals surface area contributed by atoms with Crippen molar-refractivity contribution in [3.8, 4) is 23.3 Å². The first-order chi connectivity index (χ1) is 34.2. The molecule has 7 N–H and O–H groups in total. The van der Waals surface area contributed by atoms with E-state index in [-0.39, 0.29) is 40.7 Å². The summed E-state index contributed by atoms with van der Waals surface area (Å²) < 4.78 is 12.6. The van der Waals surface area contributed by atoms with E-state index in [1.807, 2.05) is 30.3 Å². The maximum atomic E-state index is 12.1. The summed E-state index contributed by atoms with van der Waals surface area (Å²) in [6.45, 7) is 10.1. The normalized spacial score (nSPS) is 11.7. The number of nitrogens with two attached hydrogens (primary N) is 1. The van der Waals surface area contributed by atoms with E-state index in [0.29, 0.717) is 56.8 Å². The van der Waals surface area contributed by atoms with Crippen LogP contribution in [0.5, 0.6) is 23.3 Å². The molecule has 4 heterocycles. The van der Waals surface area contributed by atoms with Crippen molar-refractivity contribution in [3.05, 3.63) is 134 Å². The van der Waals surface area contributed by atoms with Crippen molar-refractivity contribution in [1.82, 2.24) is 35.5 Å².